The molecule has 21 heavy (non-hydrogen) atoms. The van der Waals surface area contributed by atoms with E-state index < -0.39 is 6.10 Å². The topological polar surface area (TPSA) is 70.0 Å². The number of esters is 1. The van der Waals surface area contributed by atoms with Crippen molar-refractivity contribution in [3.63, 3.8) is 0 Å². The average molecular weight is 315 g/mol. The van der Waals surface area contributed by atoms with E-state index in [-0.39, 0.29) is 12.6 Å². The van der Waals surface area contributed by atoms with E-state index in [2.05, 4.69) is 4.90 Å². The van der Waals surface area contributed by atoms with Crippen molar-refractivity contribution >= 4 is 17.3 Å². The van der Waals surface area contributed by atoms with Gasteiger partial charge < -0.3 is 19.8 Å². The van der Waals surface area contributed by atoms with Crippen LogP contribution in [0.3, 0.4) is 0 Å². The molecule has 1 rings (SSSR count). The van der Waals surface area contributed by atoms with Gasteiger partial charge in [0.1, 0.15) is 4.88 Å². The number of aliphatic hydroxyl groups excluding tert-OH is 2. The Balaban J connectivity index is 2.49. The monoisotopic (exact) mass is 315 g/mol. The normalized spacial score (nSPS) is 12.6. The smallest absolute Gasteiger partial charge is 0.348 e. The Morgan fingerprint density at radius 3 is 2.76 bits per heavy atom. The lowest BCUT2D eigenvalue weighted by Gasteiger charge is -2.20. The lowest BCUT2D eigenvalue weighted by atomic mass is 10.2. The maximum Gasteiger partial charge on any atom is 0.348 e. The summed E-state index contributed by atoms with van der Waals surface area (Å²) in [6, 6.07) is 3.48. The molecule has 1 aromatic rings. The summed E-state index contributed by atoms with van der Waals surface area (Å²) in [6.45, 7) is 6.68. The molecule has 0 spiro atoms. The van der Waals surface area contributed by atoms with E-state index in [0.29, 0.717) is 31.0 Å². The van der Waals surface area contributed by atoms with Crippen LogP contribution >= 0.6 is 11.3 Å². The molecule has 0 aliphatic heterocycles. The Morgan fingerprint density at radius 2 is 2.14 bits per heavy atom. The Bertz CT molecular complexity index is 422. The summed E-state index contributed by atoms with van der Waals surface area (Å²) < 4.78 is 5.07. The highest BCUT2D eigenvalue weighted by Gasteiger charge is 2.16. The number of hydrogen-bond acceptors (Lipinski definition) is 6. The van der Waals surface area contributed by atoms with Crippen LogP contribution in [0.25, 0.3) is 0 Å². The summed E-state index contributed by atoms with van der Waals surface area (Å²) in [5.41, 5.74) is 0. The number of hydrogen-bond donors (Lipinski definition) is 2. The van der Waals surface area contributed by atoms with Crippen molar-refractivity contribution in [1.29, 1.82) is 0 Å². The third kappa shape index (κ3) is 6.13. The fraction of sp³-hybridized carbons (Fsp3) is 0.667. The molecule has 0 aromatic carbocycles. The molecule has 6 heteroatoms. The van der Waals surface area contributed by atoms with Gasteiger partial charge in [-0.2, -0.15) is 0 Å². The van der Waals surface area contributed by atoms with Gasteiger partial charge in [0, 0.05) is 18.0 Å². The van der Waals surface area contributed by atoms with E-state index in [1.807, 2.05) is 13.8 Å². The van der Waals surface area contributed by atoms with Crippen molar-refractivity contribution in [3.8, 4) is 0 Å². The van der Waals surface area contributed by atoms with Crippen molar-refractivity contribution in [3.05, 3.63) is 21.9 Å². The molecule has 1 aromatic heterocycles. The summed E-state index contributed by atoms with van der Waals surface area (Å²) in [7, 11) is 0. The van der Waals surface area contributed by atoms with E-state index in [1.54, 1.807) is 12.1 Å². The summed E-state index contributed by atoms with van der Waals surface area (Å²) >= 11 is 1.28. The molecule has 1 unspecified atom stereocenters. The molecule has 2 N–H and O–H groups in total. The van der Waals surface area contributed by atoms with Crippen LogP contribution in [0, 0.1) is 0 Å². The van der Waals surface area contributed by atoms with Crippen LogP contribution in [-0.2, 0) is 4.74 Å². The maximum absolute atomic E-state index is 11.7. The molecular formula is C15H25NO4S. The van der Waals surface area contributed by atoms with Crippen LogP contribution in [0.15, 0.2) is 12.1 Å². The number of rotatable bonds is 10. The first kappa shape index (κ1) is 18.1. The Morgan fingerprint density at radius 1 is 1.38 bits per heavy atom. The maximum atomic E-state index is 11.7. The van der Waals surface area contributed by atoms with Crippen molar-refractivity contribution < 1.29 is 19.7 Å². The highest BCUT2D eigenvalue weighted by Crippen LogP contribution is 2.26. The minimum absolute atomic E-state index is 0.121. The van der Waals surface area contributed by atoms with Crippen molar-refractivity contribution in [2.75, 3.05) is 32.8 Å². The van der Waals surface area contributed by atoms with Crippen LogP contribution in [0.2, 0.25) is 0 Å². The molecule has 0 saturated carbocycles. The van der Waals surface area contributed by atoms with Gasteiger partial charge in [0.05, 0.1) is 19.3 Å². The van der Waals surface area contributed by atoms with Crippen molar-refractivity contribution in [2.45, 2.75) is 32.8 Å². The molecular weight excluding hydrogens is 290 g/mol. The fourth-order valence-electron chi connectivity index (χ4n) is 1.92. The lowest BCUT2D eigenvalue weighted by Crippen LogP contribution is -2.28. The molecule has 0 radical (unpaired) electrons. The molecule has 1 heterocycles. The number of likely N-dealkylation sites (N-methyl/N-ethyl adjacent to an activating group) is 1. The molecule has 1 atom stereocenters. The summed E-state index contributed by atoms with van der Waals surface area (Å²) in [5.74, 6) is -0.323. The van der Waals surface area contributed by atoms with Crippen LogP contribution in [0.5, 0.6) is 0 Å². The standard InChI is InChI=1S/C15H25NO4S/c1-3-11-20-15(19)14-6-5-13(21-14)12(18)7-8-16(4-2)9-10-17/h5-6,12,17-18H,3-4,7-11H2,1-2H3. The number of thiophene rings is 1. The van der Waals surface area contributed by atoms with Crippen LogP contribution < -0.4 is 0 Å². The largest absolute Gasteiger partial charge is 0.462 e. The van der Waals surface area contributed by atoms with Gasteiger partial charge in [0.2, 0.25) is 0 Å². The predicted molar refractivity (Wildman–Crippen MR) is 83.7 cm³/mol. The zero-order valence-electron chi connectivity index (χ0n) is 12.7. The van der Waals surface area contributed by atoms with Crippen LogP contribution in [0.1, 0.15) is 47.3 Å². The third-order valence-electron chi connectivity index (χ3n) is 3.18. The molecule has 0 aliphatic rings. The molecule has 0 fully saturated rings. The van der Waals surface area contributed by atoms with Crippen LogP contribution in [-0.4, -0.2) is 53.9 Å². The van der Waals surface area contributed by atoms with Gasteiger partial charge in [-0.3, -0.25) is 0 Å². The molecule has 120 valence electrons. The minimum Gasteiger partial charge on any atom is -0.462 e. The first-order valence-electron chi connectivity index (χ1n) is 7.40. The highest BCUT2D eigenvalue weighted by atomic mass is 32.1. The molecule has 0 bridgehead atoms. The Labute approximate surface area is 130 Å². The van der Waals surface area contributed by atoms with Gasteiger partial charge in [-0.15, -0.1) is 11.3 Å². The molecule has 0 aliphatic carbocycles. The quantitative estimate of drug-likeness (QED) is 0.647. The van der Waals surface area contributed by atoms with Crippen molar-refractivity contribution in [1.82, 2.24) is 4.90 Å². The zero-order valence-corrected chi connectivity index (χ0v) is 13.6. The van der Waals surface area contributed by atoms with E-state index in [9.17, 15) is 9.90 Å². The molecule has 0 saturated heterocycles. The minimum atomic E-state index is -0.588. The molecule has 0 amide bonds. The van der Waals surface area contributed by atoms with E-state index >= 15 is 0 Å². The van der Waals surface area contributed by atoms with Gasteiger partial charge in [0.25, 0.3) is 0 Å². The van der Waals surface area contributed by atoms with Gasteiger partial charge in [-0.05, 0) is 31.5 Å². The second-order valence-electron chi connectivity index (χ2n) is 4.80. The fourth-order valence-corrected chi connectivity index (χ4v) is 2.85. The second-order valence-corrected chi connectivity index (χ2v) is 5.92. The van der Waals surface area contributed by atoms with Crippen molar-refractivity contribution in [2.24, 2.45) is 0 Å². The Kier molecular flexibility index (Phi) is 8.52. The van der Waals surface area contributed by atoms with Gasteiger partial charge in [0.15, 0.2) is 0 Å². The summed E-state index contributed by atoms with van der Waals surface area (Å²) in [4.78, 5) is 15.1. The number of carbonyl (C=O) groups excluding carboxylic acids is 1. The first-order valence-corrected chi connectivity index (χ1v) is 8.22. The van der Waals surface area contributed by atoms with E-state index in [1.165, 1.54) is 11.3 Å². The van der Waals surface area contributed by atoms with Gasteiger partial charge in [-0.1, -0.05) is 13.8 Å². The average Bonchev–Trinajstić information content (AvgIpc) is 2.98. The number of aliphatic hydroxyl groups is 2. The summed E-state index contributed by atoms with van der Waals surface area (Å²) in [5, 5.41) is 19.1. The lowest BCUT2D eigenvalue weighted by molar-refractivity contribution is 0.0511. The predicted octanol–water partition coefficient (Wildman–Crippen LogP) is 2.05. The number of nitrogens with zero attached hydrogens (tertiary/aromatic N) is 1. The van der Waals surface area contributed by atoms with E-state index in [0.717, 1.165) is 17.8 Å². The second kappa shape index (κ2) is 9.89. The molecule has 5 nitrogen and oxygen atoms in total. The Hall–Kier alpha value is -0.950. The number of ether oxygens (including phenoxy) is 1. The highest BCUT2D eigenvalue weighted by molar-refractivity contribution is 7.14. The van der Waals surface area contributed by atoms with Crippen LogP contribution in [0.4, 0.5) is 0 Å². The SMILES string of the molecule is CCCOC(=O)c1ccc(C(O)CCN(CC)CCO)s1. The van der Waals surface area contributed by atoms with E-state index in [4.69, 9.17) is 9.84 Å². The van der Waals surface area contributed by atoms with Gasteiger partial charge in [-0.25, -0.2) is 4.79 Å². The number of carbonyl (C=O) groups is 1. The summed E-state index contributed by atoms with van der Waals surface area (Å²) in [6.07, 6.45) is 0.790. The third-order valence-corrected chi connectivity index (χ3v) is 4.34. The zero-order chi connectivity index (χ0) is 15.7. The first-order chi connectivity index (χ1) is 10.1. The van der Waals surface area contributed by atoms with Gasteiger partial charge >= 0.3 is 5.97 Å².